The van der Waals surface area contributed by atoms with Gasteiger partial charge < -0.3 is 9.47 Å². The lowest BCUT2D eigenvalue weighted by atomic mass is 10.0. The Labute approximate surface area is 146 Å². The monoisotopic (exact) mass is 328 g/mol. The largest absolute Gasteiger partial charge is 0.382 e. The molecule has 0 aromatic heterocycles. The first kappa shape index (κ1) is 22.9. The zero-order valence-electron chi connectivity index (χ0n) is 16.3. The van der Waals surface area contributed by atoms with Crippen LogP contribution in [0.3, 0.4) is 0 Å². The van der Waals surface area contributed by atoms with Gasteiger partial charge in [0.1, 0.15) is 0 Å². The van der Waals surface area contributed by atoms with Gasteiger partial charge in [0.05, 0.1) is 0 Å². The third kappa shape index (κ3) is 21.9. The summed E-state index contributed by atoms with van der Waals surface area (Å²) >= 11 is 0. The van der Waals surface area contributed by atoms with Crippen LogP contribution in [0.4, 0.5) is 0 Å². The molecule has 0 rings (SSSR count). The van der Waals surface area contributed by atoms with Gasteiger partial charge in [-0.05, 0) is 19.8 Å². The molecule has 0 aliphatic rings. The van der Waals surface area contributed by atoms with Gasteiger partial charge in [0, 0.05) is 26.4 Å². The van der Waals surface area contributed by atoms with Crippen molar-refractivity contribution in [2.75, 3.05) is 26.4 Å². The van der Waals surface area contributed by atoms with E-state index in [1.165, 1.54) is 89.9 Å². The maximum Gasteiger partial charge on any atom is 0.0487 e. The Balaban J connectivity index is 2.92. The van der Waals surface area contributed by atoms with Crippen molar-refractivity contribution in [3.63, 3.8) is 0 Å². The first-order chi connectivity index (χ1) is 11.4. The molecular weight excluding hydrogens is 284 g/mol. The summed E-state index contributed by atoms with van der Waals surface area (Å²) in [6.07, 6.45) is 20.8. The highest BCUT2D eigenvalue weighted by Crippen LogP contribution is 2.12. The van der Waals surface area contributed by atoms with E-state index in [4.69, 9.17) is 9.47 Å². The van der Waals surface area contributed by atoms with Gasteiger partial charge in [0.25, 0.3) is 0 Å². The van der Waals surface area contributed by atoms with Crippen molar-refractivity contribution in [2.45, 2.75) is 110 Å². The molecule has 0 fully saturated rings. The first-order valence-corrected chi connectivity index (χ1v) is 10.6. The standard InChI is InChI=1S/C21H44O2/c1-3-5-6-7-8-9-10-11-12-13-14-15-16-17-19-23-21-18-20-22-4-2/h3-21H2,1-2H3. The van der Waals surface area contributed by atoms with E-state index in [0.29, 0.717) is 0 Å². The molecule has 0 N–H and O–H groups in total. The van der Waals surface area contributed by atoms with E-state index < -0.39 is 0 Å². The average molecular weight is 329 g/mol. The van der Waals surface area contributed by atoms with Gasteiger partial charge in [-0.25, -0.2) is 0 Å². The Kier molecular flexibility index (Phi) is 21.8. The minimum absolute atomic E-state index is 0.818. The summed E-state index contributed by atoms with van der Waals surface area (Å²) in [6.45, 7) is 7.78. The Morgan fingerprint density at radius 3 is 1.26 bits per heavy atom. The average Bonchev–Trinajstić information content (AvgIpc) is 2.57. The highest BCUT2D eigenvalue weighted by atomic mass is 16.5. The molecule has 0 saturated heterocycles. The minimum atomic E-state index is 0.818. The molecule has 2 heteroatoms. The molecule has 0 saturated carbocycles. The van der Waals surface area contributed by atoms with Crippen molar-refractivity contribution < 1.29 is 9.47 Å². The van der Waals surface area contributed by atoms with E-state index in [0.717, 1.165) is 32.8 Å². The molecule has 0 aliphatic heterocycles. The molecule has 0 amide bonds. The third-order valence-corrected chi connectivity index (χ3v) is 4.42. The highest BCUT2D eigenvalue weighted by Gasteiger charge is 1.94. The van der Waals surface area contributed by atoms with Crippen LogP contribution in [0.5, 0.6) is 0 Å². The molecule has 0 atom stereocenters. The predicted octanol–water partition coefficient (Wildman–Crippen LogP) is 6.91. The van der Waals surface area contributed by atoms with Gasteiger partial charge in [-0.1, -0.05) is 90.4 Å². The smallest absolute Gasteiger partial charge is 0.0487 e. The molecule has 23 heavy (non-hydrogen) atoms. The maximum absolute atomic E-state index is 5.61. The molecule has 140 valence electrons. The molecule has 0 unspecified atom stereocenters. The SMILES string of the molecule is CCCCCCCCCCCCCCCCOCCCOCC. The van der Waals surface area contributed by atoms with Gasteiger partial charge in [0.15, 0.2) is 0 Å². The van der Waals surface area contributed by atoms with Crippen LogP contribution in [0.25, 0.3) is 0 Å². The molecule has 0 heterocycles. The first-order valence-electron chi connectivity index (χ1n) is 10.6. The molecular formula is C21H44O2. The molecule has 2 nitrogen and oxygen atoms in total. The molecule has 0 aliphatic carbocycles. The second-order valence-corrected chi connectivity index (χ2v) is 6.76. The van der Waals surface area contributed by atoms with Crippen molar-refractivity contribution in [2.24, 2.45) is 0 Å². The summed E-state index contributed by atoms with van der Waals surface area (Å²) in [5.74, 6) is 0. The molecule has 0 aromatic carbocycles. The molecule has 0 bridgehead atoms. The second kappa shape index (κ2) is 21.9. The Morgan fingerprint density at radius 1 is 0.391 bits per heavy atom. The van der Waals surface area contributed by atoms with Gasteiger partial charge in [-0.3, -0.25) is 0 Å². The van der Waals surface area contributed by atoms with E-state index in [9.17, 15) is 0 Å². The lowest BCUT2D eigenvalue weighted by molar-refractivity contribution is 0.0860. The van der Waals surface area contributed by atoms with Crippen molar-refractivity contribution in [1.29, 1.82) is 0 Å². The van der Waals surface area contributed by atoms with Crippen molar-refractivity contribution in [1.82, 2.24) is 0 Å². The quantitative estimate of drug-likeness (QED) is 0.226. The van der Waals surface area contributed by atoms with Crippen molar-refractivity contribution >= 4 is 0 Å². The fourth-order valence-electron chi connectivity index (χ4n) is 2.91. The van der Waals surface area contributed by atoms with Crippen LogP contribution in [0.2, 0.25) is 0 Å². The predicted molar refractivity (Wildman–Crippen MR) is 102 cm³/mol. The van der Waals surface area contributed by atoms with Gasteiger partial charge in [-0.2, -0.15) is 0 Å². The normalized spacial score (nSPS) is 11.2. The van der Waals surface area contributed by atoms with Crippen LogP contribution in [-0.4, -0.2) is 26.4 Å². The fourth-order valence-corrected chi connectivity index (χ4v) is 2.91. The highest BCUT2D eigenvalue weighted by molar-refractivity contribution is 4.49. The minimum Gasteiger partial charge on any atom is -0.382 e. The van der Waals surface area contributed by atoms with E-state index in [1.54, 1.807) is 0 Å². The van der Waals surface area contributed by atoms with Crippen LogP contribution in [0, 0.1) is 0 Å². The Morgan fingerprint density at radius 2 is 0.783 bits per heavy atom. The second-order valence-electron chi connectivity index (χ2n) is 6.76. The zero-order valence-corrected chi connectivity index (χ0v) is 16.3. The number of ether oxygens (including phenoxy) is 2. The van der Waals surface area contributed by atoms with Crippen LogP contribution in [0.1, 0.15) is 110 Å². The van der Waals surface area contributed by atoms with Crippen LogP contribution in [-0.2, 0) is 9.47 Å². The Hall–Kier alpha value is -0.0800. The summed E-state index contributed by atoms with van der Waals surface area (Å²) in [5.41, 5.74) is 0. The van der Waals surface area contributed by atoms with E-state index in [-0.39, 0.29) is 0 Å². The van der Waals surface area contributed by atoms with E-state index >= 15 is 0 Å². The number of hydrogen-bond donors (Lipinski definition) is 0. The molecule has 0 spiro atoms. The summed E-state index contributed by atoms with van der Waals surface area (Å²) in [6, 6.07) is 0. The molecule has 0 radical (unpaired) electrons. The lowest BCUT2D eigenvalue weighted by Gasteiger charge is -2.05. The van der Waals surface area contributed by atoms with Crippen molar-refractivity contribution in [3.05, 3.63) is 0 Å². The van der Waals surface area contributed by atoms with E-state index in [2.05, 4.69) is 6.92 Å². The summed E-state index contributed by atoms with van der Waals surface area (Å²) in [7, 11) is 0. The Bertz CT molecular complexity index is 174. The third-order valence-electron chi connectivity index (χ3n) is 4.42. The summed E-state index contributed by atoms with van der Waals surface area (Å²) in [4.78, 5) is 0. The zero-order chi connectivity index (χ0) is 16.8. The number of hydrogen-bond acceptors (Lipinski definition) is 2. The van der Waals surface area contributed by atoms with Crippen LogP contribution < -0.4 is 0 Å². The maximum atomic E-state index is 5.61. The summed E-state index contributed by atoms with van der Waals surface area (Å²) < 4.78 is 10.9. The van der Waals surface area contributed by atoms with Gasteiger partial charge in [-0.15, -0.1) is 0 Å². The van der Waals surface area contributed by atoms with Crippen LogP contribution >= 0.6 is 0 Å². The number of rotatable bonds is 20. The fraction of sp³-hybridized carbons (Fsp3) is 1.00. The lowest BCUT2D eigenvalue weighted by Crippen LogP contribution is -2.01. The number of unbranched alkanes of at least 4 members (excludes halogenated alkanes) is 13. The van der Waals surface area contributed by atoms with E-state index in [1.807, 2.05) is 6.92 Å². The topological polar surface area (TPSA) is 18.5 Å². The molecule has 0 aromatic rings. The van der Waals surface area contributed by atoms with Crippen molar-refractivity contribution in [3.8, 4) is 0 Å². The van der Waals surface area contributed by atoms with Gasteiger partial charge >= 0.3 is 0 Å². The van der Waals surface area contributed by atoms with Gasteiger partial charge in [0.2, 0.25) is 0 Å². The summed E-state index contributed by atoms with van der Waals surface area (Å²) in [5, 5.41) is 0. The van der Waals surface area contributed by atoms with Crippen LogP contribution in [0.15, 0.2) is 0 Å².